The molecule has 0 aromatic heterocycles. The number of amides is 3. The summed E-state index contributed by atoms with van der Waals surface area (Å²) in [7, 11) is 0. The molecule has 1 aromatic rings. The van der Waals surface area contributed by atoms with Crippen molar-refractivity contribution < 1.29 is 18.4 Å². The first-order chi connectivity index (χ1) is 11.4. The maximum absolute atomic E-state index is 12.9. The van der Waals surface area contributed by atoms with Crippen LogP contribution in [0.4, 0.5) is 13.6 Å². The summed E-state index contributed by atoms with van der Waals surface area (Å²) < 4.78 is 25.8. The van der Waals surface area contributed by atoms with Crippen molar-refractivity contribution in [2.24, 2.45) is 5.73 Å². The van der Waals surface area contributed by atoms with E-state index in [-0.39, 0.29) is 31.4 Å². The topological polar surface area (TPSA) is 87.5 Å². The van der Waals surface area contributed by atoms with E-state index in [0.717, 1.165) is 12.0 Å². The first kappa shape index (κ1) is 21.1. The smallest absolute Gasteiger partial charge is 0.317 e. The molecule has 140 valence electrons. The molecule has 0 saturated heterocycles. The van der Waals surface area contributed by atoms with Crippen molar-refractivity contribution in [1.82, 2.24) is 15.5 Å². The largest absolute Gasteiger partial charge is 0.350 e. The first-order valence-corrected chi connectivity index (χ1v) is 7.85. The summed E-state index contributed by atoms with van der Waals surface area (Å²) >= 11 is 0. The molecule has 0 radical (unpaired) electrons. The fourth-order valence-electron chi connectivity index (χ4n) is 2.45. The number of rotatable bonds is 6. The molecule has 2 rings (SSSR count). The molecule has 0 atom stereocenters. The first-order valence-electron chi connectivity index (χ1n) is 7.85. The molecule has 0 fully saturated rings. The molecule has 9 heteroatoms. The van der Waals surface area contributed by atoms with Gasteiger partial charge in [-0.05, 0) is 17.5 Å². The van der Waals surface area contributed by atoms with Crippen LogP contribution in [0.3, 0.4) is 0 Å². The number of carbonyl (C=O) groups is 2. The minimum Gasteiger partial charge on any atom is -0.350 e. The van der Waals surface area contributed by atoms with Gasteiger partial charge in [0.2, 0.25) is 5.91 Å². The highest BCUT2D eigenvalue weighted by atomic mass is 35.5. The number of urea groups is 1. The van der Waals surface area contributed by atoms with E-state index in [1.54, 1.807) is 4.90 Å². The van der Waals surface area contributed by atoms with Crippen molar-refractivity contribution in [3.05, 3.63) is 35.4 Å². The van der Waals surface area contributed by atoms with Gasteiger partial charge >= 0.3 is 6.03 Å². The second-order valence-electron chi connectivity index (χ2n) is 5.76. The molecule has 0 aliphatic carbocycles. The lowest BCUT2D eigenvalue weighted by Gasteiger charge is -2.28. The summed E-state index contributed by atoms with van der Waals surface area (Å²) in [6.45, 7) is -0.384. The number of carbonyl (C=O) groups excluding carboxylic acids is 2. The van der Waals surface area contributed by atoms with Crippen molar-refractivity contribution in [3.63, 3.8) is 0 Å². The summed E-state index contributed by atoms with van der Waals surface area (Å²) in [5, 5.41) is 4.75. The Bertz CT molecular complexity index is 601. The fraction of sp³-hybridized carbons (Fsp3) is 0.500. The third-order valence-electron chi connectivity index (χ3n) is 3.89. The minimum atomic E-state index is -3.11. The number of nitrogens with one attached hydrogen (secondary N) is 2. The maximum Gasteiger partial charge on any atom is 0.317 e. The van der Waals surface area contributed by atoms with Gasteiger partial charge in [0.1, 0.15) is 0 Å². The van der Waals surface area contributed by atoms with Crippen LogP contribution in [0.1, 0.15) is 17.5 Å². The molecule has 0 unspecified atom stereocenters. The number of fused-ring (bicyclic) bond motifs is 1. The van der Waals surface area contributed by atoms with Crippen LogP contribution in [0.5, 0.6) is 0 Å². The molecule has 4 N–H and O–H groups in total. The number of halogens is 3. The zero-order valence-corrected chi connectivity index (χ0v) is 14.6. The van der Waals surface area contributed by atoms with E-state index in [4.69, 9.17) is 5.73 Å². The lowest BCUT2D eigenvalue weighted by atomic mass is 10.0. The molecule has 1 aliphatic heterocycles. The average molecular weight is 377 g/mol. The van der Waals surface area contributed by atoms with Crippen molar-refractivity contribution >= 4 is 24.3 Å². The van der Waals surface area contributed by atoms with Crippen LogP contribution in [-0.2, 0) is 17.8 Å². The van der Waals surface area contributed by atoms with Crippen LogP contribution in [0.2, 0.25) is 0 Å². The summed E-state index contributed by atoms with van der Waals surface area (Å²) in [4.78, 5) is 25.2. The Morgan fingerprint density at radius 2 is 1.88 bits per heavy atom. The molecule has 0 saturated carbocycles. The maximum atomic E-state index is 12.9. The molecule has 25 heavy (non-hydrogen) atoms. The number of alkyl halides is 2. The number of hydrogen-bond acceptors (Lipinski definition) is 3. The number of nitrogens with two attached hydrogens (primary N) is 1. The van der Waals surface area contributed by atoms with Gasteiger partial charge < -0.3 is 21.3 Å². The zero-order chi connectivity index (χ0) is 17.6. The van der Waals surface area contributed by atoms with E-state index in [1.165, 1.54) is 5.56 Å². The Balaban J connectivity index is 0.00000312. The van der Waals surface area contributed by atoms with Crippen LogP contribution in [0.25, 0.3) is 0 Å². The Hall–Kier alpha value is -1.93. The van der Waals surface area contributed by atoms with Crippen LogP contribution < -0.4 is 16.4 Å². The Kier molecular flexibility index (Phi) is 8.05. The van der Waals surface area contributed by atoms with Crippen LogP contribution in [0, 0.1) is 0 Å². The highest BCUT2D eigenvalue weighted by Crippen LogP contribution is 2.18. The standard InChI is InChI=1S/C16H22F2N4O2.ClH/c17-16(18,10-19)11-21-14(23)5-7-20-15(24)22-8-6-12-3-1-2-4-13(12)9-22;/h1-4H,5-11,19H2,(H,20,24)(H,21,23);1H. The van der Waals surface area contributed by atoms with Gasteiger partial charge in [0, 0.05) is 26.1 Å². The van der Waals surface area contributed by atoms with Crippen LogP contribution in [-0.4, -0.2) is 48.9 Å². The third kappa shape index (κ3) is 6.47. The van der Waals surface area contributed by atoms with E-state index < -0.39 is 24.9 Å². The van der Waals surface area contributed by atoms with E-state index in [1.807, 2.05) is 24.3 Å². The van der Waals surface area contributed by atoms with E-state index in [2.05, 4.69) is 10.6 Å². The van der Waals surface area contributed by atoms with Gasteiger partial charge in [-0.25, -0.2) is 13.6 Å². The van der Waals surface area contributed by atoms with E-state index >= 15 is 0 Å². The molecule has 0 bridgehead atoms. The average Bonchev–Trinajstić information content (AvgIpc) is 2.59. The van der Waals surface area contributed by atoms with Gasteiger partial charge in [-0.1, -0.05) is 24.3 Å². The predicted molar refractivity (Wildman–Crippen MR) is 92.8 cm³/mol. The summed E-state index contributed by atoms with van der Waals surface area (Å²) in [6.07, 6.45) is 0.731. The molecule has 1 heterocycles. The van der Waals surface area contributed by atoms with Crippen LogP contribution >= 0.6 is 12.4 Å². The minimum absolute atomic E-state index is 0. The molecule has 6 nitrogen and oxygen atoms in total. The molecule has 1 aliphatic rings. The Morgan fingerprint density at radius 3 is 2.56 bits per heavy atom. The van der Waals surface area contributed by atoms with Crippen molar-refractivity contribution in [2.45, 2.75) is 25.3 Å². The van der Waals surface area contributed by atoms with Crippen molar-refractivity contribution in [2.75, 3.05) is 26.2 Å². The number of hydrogen-bond donors (Lipinski definition) is 3. The number of benzene rings is 1. The highest BCUT2D eigenvalue weighted by Gasteiger charge is 2.27. The quantitative estimate of drug-likeness (QED) is 0.698. The molecule has 0 spiro atoms. The lowest BCUT2D eigenvalue weighted by Crippen LogP contribution is -2.45. The fourth-order valence-corrected chi connectivity index (χ4v) is 2.45. The van der Waals surface area contributed by atoms with Gasteiger partial charge in [-0.3, -0.25) is 4.79 Å². The second-order valence-corrected chi connectivity index (χ2v) is 5.76. The second kappa shape index (κ2) is 9.53. The van der Waals surface area contributed by atoms with Gasteiger partial charge in [0.25, 0.3) is 5.92 Å². The summed E-state index contributed by atoms with van der Waals surface area (Å²) in [6, 6.07) is 7.68. The van der Waals surface area contributed by atoms with Crippen LogP contribution in [0.15, 0.2) is 24.3 Å². The lowest BCUT2D eigenvalue weighted by molar-refractivity contribution is -0.122. The zero-order valence-electron chi connectivity index (χ0n) is 13.8. The molecule has 1 aromatic carbocycles. The van der Waals surface area contributed by atoms with Gasteiger partial charge in [-0.15, -0.1) is 12.4 Å². The van der Waals surface area contributed by atoms with Gasteiger partial charge in [0.05, 0.1) is 13.1 Å². The highest BCUT2D eigenvalue weighted by molar-refractivity contribution is 5.85. The van der Waals surface area contributed by atoms with E-state index in [0.29, 0.717) is 13.1 Å². The van der Waals surface area contributed by atoms with Crippen molar-refractivity contribution in [1.29, 1.82) is 0 Å². The SMILES string of the molecule is Cl.NCC(F)(F)CNC(=O)CCNC(=O)N1CCc2ccccc2C1. The van der Waals surface area contributed by atoms with E-state index in [9.17, 15) is 18.4 Å². The summed E-state index contributed by atoms with van der Waals surface area (Å²) in [5.41, 5.74) is 7.23. The molecular formula is C16H23ClF2N4O2. The summed E-state index contributed by atoms with van der Waals surface area (Å²) in [5.74, 6) is -3.66. The molecular weight excluding hydrogens is 354 g/mol. The Morgan fingerprint density at radius 1 is 1.20 bits per heavy atom. The van der Waals surface area contributed by atoms with Gasteiger partial charge in [-0.2, -0.15) is 0 Å². The molecule has 3 amide bonds. The van der Waals surface area contributed by atoms with Crippen molar-refractivity contribution in [3.8, 4) is 0 Å². The van der Waals surface area contributed by atoms with Gasteiger partial charge in [0.15, 0.2) is 0 Å². The Labute approximate surface area is 151 Å². The monoisotopic (exact) mass is 376 g/mol. The normalized spacial score (nSPS) is 13.5. The predicted octanol–water partition coefficient (Wildman–Crippen LogP) is 1.28. The third-order valence-corrected chi connectivity index (χ3v) is 3.89. The number of nitrogens with zero attached hydrogens (tertiary/aromatic N) is 1.